The second-order valence-electron chi connectivity index (χ2n) is 24.1. The van der Waals surface area contributed by atoms with Crippen molar-refractivity contribution in [2.45, 2.75) is 309 Å². The van der Waals surface area contributed by atoms with Crippen LogP contribution in [-0.2, 0) is 33.3 Å². The molecule has 478 valence electrons. The highest BCUT2D eigenvalue weighted by atomic mass is 16.7. The van der Waals surface area contributed by atoms with Crippen LogP contribution >= 0.6 is 0 Å². The van der Waals surface area contributed by atoms with Crippen molar-refractivity contribution < 1.29 is 42.9 Å². The molecule has 0 fully saturated rings. The minimum atomic E-state index is -1.63. The molecule has 0 bridgehead atoms. The van der Waals surface area contributed by atoms with Gasteiger partial charge in [-0.3, -0.25) is 9.59 Å². The van der Waals surface area contributed by atoms with Crippen LogP contribution in [0.2, 0.25) is 0 Å². The molecule has 0 aliphatic carbocycles. The number of carbonyl (C=O) groups is 3. The molecule has 0 saturated carbocycles. The van der Waals surface area contributed by atoms with Gasteiger partial charge in [-0.1, -0.05) is 291 Å². The SMILES string of the molecule is CC/C=C\C/C=C\C/C=C\C/C=C\CCCCCCCCCCCCCCCCCCCCCCCCC(=O)OC(COC(=O)CCCCCCCCCCCC/C=C\C/C=C\C/C=C\C/C=C\CC)COC(OCC[N+](C)(C)C)C(=O)[O-]. The number of likely N-dealkylation sites (N-methyl/N-ethyl adjacent to an activating group) is 1. The molecule has 0 spiro atoms. The van der Waals surface area contributed by atoms with E-state index in [1.807, 2.05) is 21.1 Å². The zero-order valence-electron chi connectivity index (χ0n) is 54.5. The first-order chi connectivity index (χ1) is 40.6. The highest BCUT2D eigenvalue weighted by molar-refractivity contribution is 5.70. The minimum absolute atomic E-state index is 0.145. The normalized spacial score (nSPS) is 13.3. The van der Waals surface area contributed by atoms with Crippen molar-refractivity contribution >= 4 is 17.9 Å². The van der Waals surface area contributed by atoms with E-state index in [1.165, 1.54) is 173 Å². The van der Waals surface area contributed by atoms with Crippen LogP contribution in [0.15, 0.2) is 97.2 Å². The van der Waals surface area contributed by atoms with Crippen molar-refractivity contribution in [3.05, 3.63) is 97.2 Å². The van der Waals surface area contributed by atoms with Crippen molar-refractivity contribution in [3.63, 3.8) is 0 Å². The molecule has 83 heavy (non-hydrogen) atoms. The van der Waals surface area contributed by atoms with Crippen LogP contribution in [0.1, 0.15) is 296 Å². The Balaban J connectivity index is 4.07. The minimum Gasteiger partial charge on any atom is -0.545 e. The zero-order chi connectivity index (χ0) is 60.5. The van der Waals surface area contributed by atoms with E-state index in [0.29, 0.717) is 17.4 Å². The van der Waals surface area contributed by atoms with Crippen molar-refractivity contribution in [1.82, 2.24) is 0 Å². The molecule has 0 aromatic carbocycles. The number of hydrogen-bond acceptors (Lipinski definition) is 8. The van der Waals surface area contributed by atoms with E-state index >= 15 is 0 Å². The standard InChI is InChI=1S/C74H129NO8/c1-6-8-10-12-14-16-18-20-22-24-26-28-30-31-32-33-34-35-36-37-38-39-40-41-43-45-47-49-51-53-55-57-59-61-63-65-72(77)83-70(69-82-74(73(78)79)80-67-66-75(3,4)5)68-81-71(76)64-62-60-58-56-54-52-50-48-46-44-42-29-27-25-23-21-19-17-15-13-11-9-7-2/h8-11,14-17,20-23,26-29,70,74H,6-7,12-13,18-19,24-25,30-69H2,1-5H3/b10-8-,11-9-,16-14-,17-15-,22-20-,23-21-,28-26-,29-27-. The number of hydrogen-bond donors (Lipinski definition) is 0. The van der Waals surface area contributed by atoms with Crippen LogP contribution in [-0.4, -0.2) is 82.3 Å². The van der Waals surface area contributed by atoms with Crippen LogP contribution in [0.25, 0.3) is 0 Å². The average Bonchev–Trinajstić information content (AvgIpc) is 3.46. The fourth-order valence-electron chi connectivity index (χ4n) is 9.64. The predicted molar refractivity (Wildman–Crippen MR) is 352 cm³/mol. The van der Waals surface area contributed by atoms with Gasteiger partial charge in [-0.15, -0.1) is 0 Å². The van der Waals surface area contributed by atoms with Crippen molar-refractivity contribution in [1.29, 1.82) is 0 Å². The van der Waals surface area contributed by atoms with E-state index < -0.39 is 24.3 Å². The van der Waals surface area contributed by atoms with Gasteiger partial charge in [0.25, 0.3) is 0 Å². The predicted octanol–water partition coefficient (Wildman–Crippen LogP) is 19.9. The quantitative estimate of drug-likeness (QED) is 0.0195. The lowest BCUT2D eigenvalue weighted by atomic mass is 10.0. The fraction of sp³-hybridized carbons (Fsp3) is 0.743. The van der Waals surface area contributed by atoms with Gasteiger partial charge in [0.15, 0.2) is 12.4 Å². The number of rotatable bonds is 63. The largest absolute Gasteiger partial charge is 0.545 e. The topological polar surface area (TPSA) is 111 Å². The number of esters is 2. The molecule has 9 heteroatoms. The number of carboxylic acid groups (broad SMARTS) is 1. The zero-order valence-corrected chi connectivity index (χ0v) is 54.5. The van der Waals surface area contributed by atoms with Gasteiger partial charge in [-0.05, 0) is 89.9 Å². The van der Waals surface area contributed by atoms with Crippen LogP contribution in [0, 0.1) is 0 Å². The Labute approximate surface area is 512 Å². The van der Waals surface area contributed by atoms with Crippen molar-refractivity contribution in [2.75, 3.05) is 47.5 Å². The summed E-state index contributed by atoms with van der Waals surface area (Å²) in [6.45, 7) is 4.55. The molecule has 0 rings (SSSR count). The molecule has 0 aliphatic heterocycles. The highest BCUT2D eigenvalue weighted by Crippen LogP contribution is 2.18. The third-order valence-electron chi connectivity index (χ3n) is 14.8. The Morgan fingerprint density at radius 3 is 0.964 bits per heavy atom. The summed E-state index contributed by atoms with van der Waals surface area (Å²) < 4.78 is 22.8. The maximum atomic E-state index is 12.9. The first kappa shape index (κ1) is 79.2. The van der Waals surface area contributed by atoms with Gasteiger partial charge >= 0.3 is 11.9 Å². The van der Waals surface area contributed by atoms with Crippen LogP contribution in [0.4, 0.5) is 0 Å². The molecule has 0 aromatic rings. The summed E-state index contributed by atoms with van der Waals surface area (Å²) in [7, 11) is 5.93. The molecule has 0 saturated heterocycles. The smallest absolute Gasteiger partial charge is 0.306 e. The summed E-state index contributed by atoms with van der Waals surface area (Å²) in [4.78, 5) is 37.5. The number of aliphatic carboxylic acids is 1. The van der Waals surface area contributed by atoms with E-state index in [4.69, 9.17) is 18.9 Å². The first-order valence-electron chi connectivity index (χ1n) is 34.4. The van der Waals surface area contributed by atoms with E-state index in [9.17, 15) is 19.5 Å². The molecule has 0 amide bonds. The molecular formula is C74H129NO8. The summed E-state index contributed by atoms with van der Waals surface area (Å²) in [5, 5.41) is 11.8. The molecule has 2 atom stereocenters. The Kier molecular flexibility index (Phi) is 61.3. The number of unbranched alkanes of at least 4 members (excludes halogenated alkanes) is 32. The second kappa shape index (κ2) is 64.2. The number of ether oxygens (including phenoxy) is 4. The lowest BCUT2D eigenvalue weighted by Gasteiger charge is -2.26. The van der Waals surface area contributed by atoms with E-state index in [-0.39, 0.29) is 38.6 Å². The Morgan fingerprint density at radius 1 is 0.361 bits per heavy atom. The summed E-state index contributed by atoms with van der Waals surface area (Å²) in [5.41, 5.74) is 0. The van der Waals surface area contributed by atoms with Crippen LogP contribution in [0.3, 0.4) is 0 Å². The van der Waals surface area contributed by atoms with Gasteiger partial charge in [0.1, 0.15) is 13.2 Å². The van der Waals surface area contributed by atoms with Crippen LogP contribution < -0.4 is 5.11 Å². The molecule has 0 aliphatic rings. The first-order valence-corrected chi connectivity index (χ1v) is 34.4. The summed E-state index contributed by atoms with van der Waals surface area (Å²) in [6.07, 6.45) is 84.9. The highest BCUT2D eigenvalue weighted by Gasteiger charge is 2.22. The summed E-state index contributed by atoms with van der Waals surface area (Å²) in [6, 6.07) is 0. The molecule has 0 heterocycles. The third-order valence-corrected chi connectivity index (χ3v) is 14.8. The lowest BCUT2D eigenvalue weighted by Crippen LogP contribution is -2.44. The van der Waals surface area contributed by atoms with E-state index in [0.717, 1.165) is 89.9 Å². The average molecular weight is 1160 g/mol. The van der Waals surface area contributed by atoms with Gasteiger partial charge in [0.2, 0.25) is 0 Å². The maximum Gasteiger partial charge on any atom is 0.306 e. The van der Waals surface area contributed by atoms with Gasteiger partial charge in [0, 0.05) is 12.8 Å². The Hall–Kier alpha value is -3.79. The molecule has 9 nitrogen and oxygen atoms in total. The number of quaternary nitrogens is 1. The van der Waals surface area contributed by atoms with E-state index in [2.05, 4.69) is 111 Å². The van der Waals surface area contributed by atoms with Gasteiger partial charge in [0.05, 0.1) is 40.3 Å². The number of carbonyl (C=O) groups excluding carboxylic acids is 3. The third kappa shape index (κ3) is 65.6. The fourth-order valence-corrected chi connectivity index (χ4v) is 9.64. The molecule has 0 N–H and O–H groups in total. The van der Waals surface area contributed by atoms with Gasteiger partial charge < -0.3 is 33.3 Å². The molecular weight excluding hydrogens is 1030 g/mol. The summed E-state index contributed by atoms with van der Waals surface area (Å²) in [5.74, 6) is -2.28. The Morgan fingerprint density at radius 2 is 0.651 bits per heavy atom. The number of nitrogens with zero attached hydrogens (tertiary/aromatic N) is 1. The number of carboxylic acids is 1. The molecule has 2 unspecified atom stereocenters. The van der Waals surface area contributed by atoms with Gasteiger partial charge in [-0.25, -0.2) is 0 Å². The Bertz CT molecular complexity index is 1680. The summed E-state index contributed by atoms with van der Waals surface area (Å²) >= 11 is 0. The molecule has 0 aromatic heterocycles. The monoisotopic (exact) mass is 1160 g/mol. The van der Waals surface area contributed by atoms with Crippen molar-refractivity contribution in [2.24, 2.45) is 0 Å². The van der Waals surface area contributed by atoms with Crippen molar-refractivity contribution in [3.8, 4) is 0 Å². The molecule has 0 radical (unpaired) electrons. The van der Waals surface area contributed by atoms with E-state index in [1.54, 1.807) is 0 Å². The van der Waals surface area contributed by atoms with Gasteiger partial charge in [-0.2, -0.15) is 0 Å². The number of allylic oxidation sites excluding steroid dienone is 16. The second-order valence-corrected chi connectivity index (χ2v) is 24.1. The maximum absolute atomic E-state index is 12.9. The van der Waals surface area contributed by atoms with Crippen LogP contribution in [0.5, 0.6) is 0 Å². The lowest BCUT2D eigenvalue weighted by molar-refractivity contribution is -0.870.